The van der Waals surface area contributed by atoms with E-state index < -0.39 is 0 Å². The largest absolute Gasteiger partial charge is 0.456 e. The first-order chi connectivity index (χ1) is 29.7. The van der Waals surface area contributed by atoms with Crippen molar-refractivity contribution < 1.29 is 4.42 Å². The molecule has 0 radical (unpaired) electrons. The molecule has 0 spiro atoms. The molecular formula is C54H32N4OS. The van der Waals surface area contributed by atoms with E-state index in [1.807, 2.05) is 78.9 Å². The molecule has 12 aromatic rings. The molecule has 4 heterocycles. The Kier molecular flexibility index (Phi) is 7.96. The summed E-state index contributed by atoms with van der Waals surface area (Å²) in [6.45, 7) is 0. The number of hydrogen-bond acceptors (Lipinski definition) is 6. The Hall–Kier alpha value is -7.80. The molecule has 0 unspecified atom stereocenters. The number of pyridine rings is 1. The van der Waals surface area contributed by atoms with Crippen LogP contribution in [-0.4, -0.2) is 19.9 Å². The van der Waals surface area contributed by atoms with Crippen molar-refractivity contribution in [1.29, 1.82) is 0 Å². The molecule has 0 aliphatic heterocycles. The van der Waals surface area contributed by atoms with Crippen LogP contribution in [0.2, 0.25) is 0 Å². The zero-order valence-corrected chi connectivity index (χ0v) is 32.9. The van der Waals surface area contributed by atoms with Crippen LogP contribution in [0, 0.1) is 0 Å². The van der Waals surface area contributed by atoms with Gasteiger partial charge in [0, 0.05) is 53.9 Å². The number of aromatic nitrogens is 4. The molecule has 0 saturated carbocycles. The van der Waals surface area contributed by atoms with Crippen LogP contribution in [0.3, 0.4) is 0 Å². The first-order valence-electron chi connectivity index (χ1n) is 20.0. The molecule has 0 saturated heterocycles. The number of fused-ring (bicyclic) bond motifs is 8. The van der Waals surface area contributed by atoms with Gasteiger partial charge in [-0.25, -0.2) is 19.9 Å². The topological polar surface area (TPSA) is 64.7 Å². The summed E-state index contributed by atoms with van der Waals surface area (Å²) in [6.07, 6.45) is 0. The van der Waals surface area contributed by atoms with Crippen LogP contribution in [0.4, 0.5) is 0 Å². The van der Waals surface area contributed by atoms with E-state index in [4.69, 9.17) is 24.4 Å². The minimum atomic E-state index is 0.623. The van der Waals surface area contributed by atoms with Crippen molar-refractivity contribution in [3.63, 3.8) is 0 Å². The fraction of sp³-hybridized carbons (Fsp3) is 0. The van der Waals surface area contributed by atoms with Crippen LogP contribution in [0.25, 0.3) is 121 Å². The van der Waals surface area contributed by atoms with Crippen molar-refractivity contribution in [1.82, 2.24) is 19.9 Å². The molecule has 0 aliphatic rings. The average Bonchev–Trinajstić information content (AvgIpc) is 3.91. The number of hydrogen-bond donors (Lipinski definition) is 0. The first-order valence-corrected chi connectivity index (χ1v) is 20.8. The normalized spacial score (nSPS) is 11.7. The zero-order chi connectivity index (χ0) is 39.6. The highest BCUT2D eigenvalue weighted by Crippen LogP contribution is 2.44. The summed E-state index contributed by atoms with van der Waals surface area (Å²) in [5.41, 5.74) is 12.1. The lowest BCUT2D eigenvalue weighted by molar-refractivity contribution is 0.669. The van der Waals surface area contributed by atoms with Crippen molar-refractivity contribution in [2.24, 2.45) is 0 Å². The maximum Gasteiger partial charge on any atom is 0.164 e. The summed E-state index contributed by atoms with van der Waals surface area (Å²) in [5, 5.41) is 5.90. The van der Waals surface area contributed by atoms with Crippen LogP contribution < -0.4 is 0 Å². The number of para-hydroxylation sites is 1. The maximum atomic E-state index is 6.19. The minimum absolute atomic E-state index is 0.623. The fourth-order valence-corrected chi connectivity index (χ4v) is 9.66. The summed E-state index contributed by atoms with van der Waals surface area (Å²) in [6, 6.07) is 67.4. The van der Waals surface area contributed by atoms with Gasteiger partial charge >= 0.3 is 0 Å². The second-order valence-corrected chi connectivity index (χ2v) is 16.0. The van der Waals surface area contributed by atoms with E-state index in [0.29, 0.717) is 17.5 Å². The lowest BCUT2D eigenvalue weighted by atomic mass is 9.96. The Morgan fingerprint density at radius 1 is 0.350 bits per heavy atom. The standard InChI is InChI=1S/C54H32N4OS/c1-3-12-36(13-4-1)52-56-53(37-14-5-2-6-15-37)58-54(57-52)38-28-26-35(27-29-38)50-51-49(43-17-8-10-21-47(43)60-51)41-31-30-39(32-44(41)55-50)33-22-24-34(25-23-33)40-18-11-20-46-48(40)42-16-7-9-19-45(42)59-46/h1-32H. The first kappa shape index (κ1) is 34.3. The molecular weight excluding hydrogens is 753 g/mol. The zero-order valence-electron chi connectivity index (χ0n) is 32.1. The number of benzene rings is 8. The molecule has 0 fully saturated rings. The van der Waals surface area contributed by atoms with Crippen molar-refractivity contribution in [2.45, 2.75) is 0 Å². The Balaban J connectivity index is 0.955. The molecule has 60 heavy (non-hydrogen) atoms. The van der Waals surface area contributed by atoms with Gasteiger partial charge < -0.3 is 4.42 Å². The van der Waals surface area contributed by atoms with Gasteiger partial charge in [-0.3, -0.25) is 0 Å². The Bertz CT molecular complexity index is 3520. The second-order valence-electron chi connectivity index (χ2n) is 15.0. The summed E-state index contributed by atoms with van der Waals surface area (Å²) in [5.74, 6) is 1.90. The molecule has 0 bridgehead atoms. The predicted octanol–water partition coefficient (Wildman–Crippen LogP) is 14.7. The van der Waals surface area contributed by atoms with E-state index in [0.717, 1.165) is 83.0 Å². The van der Waals surface area contributed by atoms with Crippen LogP contribution in [-0.2, 0) is 0 Å². The van der Waals surface area contributed by atoms with Gasteiger partial charge in [0.05, 0.1) is 15.9 Å². The lowest BCUT2D eigenvalue weighted by Gasteiger charge is -2.11. The summed E-state index contributed by atoms with van der Waals surface area (Å²) in [7, 11) is 0. The van der Waals surface area contributed by atoms with Gasteiger partial charge in [-0.2, -0.15) is 0 Å². The van der Waals surface area contributed by atoms with Crippen molar-refractivity contribution in [3.8, 4) is 67.7 Å². The molecule has 0 amide bonds. The highest BCUT2D eigenvalue weighted by atomic mass is 32.1. The fourth-order valence-electron chi connectivity index (χ4n) is 8.43. The number of furan rings is 1. The average molecular weight is 785 g/mol. The van der Waals surface area contributed by atoms with Crippen molar-refractivity contribution >= 4 is 64.4 Å². The highest BCUT2D eigenvalue weighted by molar-refractivity contribution is 7.26. The maximum absolute atomic E-state index is 6.19. The Morgan fingerprint density at radius 3 is 1.62 bits per heavy atom. The number of rotatable bonds is 6. The van der Waals surface area contributed by atoms with Gasteiger partial charge in [0.1, 0.15) is 11.2 Å². The lowest BCUT2D eigenvalue weighted by Crippen LogP contribution is -2.00. The van der Waals surface area contributed by atoms with Gasteiger partial charge in [-0.1, -0.05) is 170 Å². The molecule has 5 nitrogen and oxygen atoms in total. The van der Waals surface area contributed by atoms with Crippen LogP contribution in [0.5, 0.6) is 0 Å². The Labute approximate surface area is 348 Å². The van der Waals surface area contributed by atoms with Gasteiger partial charge in [0.25, 0.3) is 0 Å². The van der Waals surface area contributed by atoms with Gasteiger partial charge in [0.15, 0.2) is 17.5 Å². The Morgan fingerprint density at radius 2 is 0.900 bits per heavy atom. The molecule has 6 heteroatoms. The van der Waals surface area contributed by atoms with E-state index in [2.05, 4.69) is 115 Å². The van der Waals surface area contributed by atoms with Gasteiger partial charge in [-0.05, 0) is 46.5 Å². The summed E-state index contributed by atoms with van der Waals surface area (Å²) < 4.78 is 8.61. The van der Waals surface area contributed by atoms with Crippen LogP contribution in [0.1, 0.15) is 0 Å². The quantitative estimate of drug-likeness (QED) is 0.168. The third-order valence-corrected chi connectivity index (χ3v) is 12.5. The second kappa shape index (κ2) is 13.9. The molecule has 280 valence electrons. The molecule has 0 aliphatic carbocycles. The van der Waals surface area contributed by atoms with Gasteiger partial charge in [0.2, 0.25) is 0 Å². The van der Waals surface area contributed by atoms with E-state index in [1.165, 1.54) is 20.2 Å². The van der Waals surface area contributed by atoms with E-state index in [-0.39, 0.29) is 0 Å². The molecule has 12 rings (SSSR count). The molecule has 0 N–H and O–H groups in total. The molecule has 0 atom stereocenters. The van der Waals surface area contributed by atoms with E-state index in [1.54, 1.807) is 11.3 Å². The monoisotopic (exact) mass is 784 g/mol. The van der Waals surface area contributed by atoms with Gasteiger partial charge in [-0.15, -0.1) is 11.3 Å². The third-order valence-electron chi connectivity index (χ3n) is 11.4. The SMILES string of the molecule is c1ccc(-c2nc(-c3ccccc3)nc(-c3ccc(-c4nc5cc(-c6ccc(-c7cccc8oc9ccccc9c78)cc6)ccc5c5c4sc4ccccc45)cc3)n2)cc1. The minimum Gasteiger partial charge on any atom is -0.456 e. The van der Waals surface area contributed by atoms with E-state index >= 15 is 0 Å². The summed E-state index contributed by atoms with van der Waals surface area (Å²) >= 11 is 1.80. The molecule has 4 aromatic heterocycles. The summed E-state index contributed by atoms with van der Waals surface area (Å²) in [4.78, 5) is 20.3. The number of nitrogens with zero attached hydrogens (tertiary/aromatic N) is 4. The smallest absolute Gasteiger partial charge is 0.164 e. The predicted molar refractivity (Wildman–Crippen MR) is 248 cm³/mol. The van der Waals surface area contributed by atoms with Crippen molar-refractivity contribution in [2.75, 3.05) is 0 Å². The van der Waals surface area contributed by atoms with E-state index in [9.17, 15) is 0 Å². The molecule has 8 aromatic carbocycles. The highest BCUT2D eigenvalue weighted by Gasteiger charge is 2.19. The van der Waals surface area contributed by atoms with Crippen molar-refractivity contribution in [3.05, 3.63) is 194 Å². The van der Waals surface area contributed by atoms with Crippen LogP contribution >= 0.6 is 11.3 Å². The third kappa shape index (κ3) is 5.76. The number of thiophene rings is 1. The van der Waals surface area contributed by atoms with Crippen LogP contribution in [0.15, 0.2) is 199 Å².